The molecule has 4 heteroatoms. The standard InChI is InChI=1S/C11H17N3O/c12-6-9-3-4-11(13-7-9)14-5-1-2-10(14)8-15/h3-4,7,10,15H,1-2,5-6,8,12H2. The quantitative estimate of drug-likeness (QED) is 0.757. The van der Waals surface area contributed by atoms with Crippen molar-refractivity contribution >= 4 is 5.82 Å². The number of nitrogens with zero attached hydrogens (tertiary/aromatic N) is 2. The average molecular weight is 207 g/mol. The van der Waals surface area contributed by atoms with Crippen molar-refractivity contribution in [1.29, 1.82) is 0 Å². The molecule has 0 radical (unpaired) electrons. The van der Waals surface area contributed by atoms with Crippen LogP contribution in [0.3, 0.4) is 0 Å². The SMILES string of the molecule is NCc1ccc(N2CCCC2CO)nc1. The van der Waals surface area contributed by atoms with Crippen molar-refractivity contribution in [3.8, 4) is 0 Å². The topological polar surface area (TPSA) is 62.4 Å². The lowest BCUT2D eigenvalue weighted by molar-refractivity contribution is 0.266. The molecule has 2 heterocycles. The molecule has 1 fully saturated rings. The van der Waals surface area contributed by atoms with Crippen LogP contribution in [-0.4, -0.2) is 29.3 Å². The molecule has 1 aromatic heterocycles. The number of nitrogens with two attached hydrogens (primary N) is 1. The molecule has 15 heavy (non-hydrogen) atoms. The molecule has 0 aliphatic carbocycles. The fraction of sp³-hybridized carbons (Fsp3) is 0.545. The van der Waals surface area contributed by atoms with E-state index >= 15 is 0 Å². The van der Waals surface area contributed by atoms with Crippen molar-refractivity contribution in [2.24, 2.45) is 5.73 Å². The van der Waals surface area contributed by atoms with Gasteiger partial charge in [0.1, 0.15) is 5.82 Å². The first-order chi connectivity index (χ1) is 7.35. The molecule has 0 bridgehead atoms. The Morgan fingerprint density at radius 1 is 1.53 bits per heavy atom. The highest BCUT2D eigenvalue weighted by molar-refractivity contribution is 5.41. The lowest BCUT2D eigenvalue weighted by atomic mass is 10.2. The Morgan fingerprint density at radius 3 is 3.00 bits per heavy atom. The molecule has 0 saturated carbocycles. The molecule has 4 nitrogen and oxygen atoms in total. The van der Waals surface area contributed by atoms with Gasteiger partial charge in [-0.25, -0.2) is 4.98 Å². The highest BCUT2D eigenvalue weighted by Gasteiger charge is 2.24. The molecule has 1 aliphatic rings. The largest absolute Gasteiger partial charge is 0.394 e. The van der Waals surface area contributed by atoms with E-state index < -0.39 is 0 Å². The van der Waals surface area contributed by atoms with Crippen LogP contribution < -0.4 is 10.6 Å². The second-order valence-electron chi connectivity index (χ2n) is 3.90. The zero-order chi connectivity index (χ0) is 10.7. The summed E-state index contributed by atoms with van der Waals surface area (Å²) in [7, 11) is 0. The third kappa shape index (κ3) is 2.11. The third-order valence-electron chi connectivity index (χ3n) is 2.93. The highest BCUT2D eigenvalue weighted by atomic mass is 16.3. The molecule has 3 N–H and O–H groups in total. The van der Waals surface area contributed by atoms with Gasteiger partial charge < -0.3 is 15.7 Å². The Morgan fingerprint density at radius 2 is 2.40 bits per heavy atom. The summed E-state index contributed by atoms with van der Waals surface area (Å²) < 4.78 is 0. The molecular formula is C11H17N3O. The van der Waals surface area contributed by atoms with Crippen molar-refractivity contribution in [1.82, 2.24) is 4.98 Å². The number of hydrogen-bond donors (Lipinski definition) is 2. The Hall–Kier alpha value is -1.13. The second-order valence-corrected chi connectivity index (χ2v) is 3.90. The molecule has 1 atom stereocenters. The van der Waals surface area contributed by atoms with E-state index in [-0.39, 0.29) is 12.6 Å². The number of pyridine rings is 1. The van der Waals surface area contributed by atoms with E-state index in [9.17, 15) is 5.11 Å². The van der Waals surface area contributed by atoms with Crippen LogP contribution in [0.25, 0.3) is 0 Å². The number of hydrogen-bond acceptors (Lipinski definition) is 4. The number of aromatic nitrogens is 1. The van der Waals surface area contributed by atoms with Gasteiger partial charge in [-0.3, -0.25) is 0 Å². The maximum atomic E-state index is 9.21. The normalized spacial score (nSPS) is 20.9. The first-order valence-corrected chi connectivity index (χ1v) is 5.37. The van der Waals surface area contributed by atoms with Crippen molar-refractivity contribution < 1.29 is 5.11 Å². The summed E-state index contributed by atoms with van der Waals surface area (Å²) in [6.07, 6.45) is 3.99. The molecule has 1 aromatic rings. The first kappa shape index (κ1) is 10.4. The predicted octanol–water partition coefficient (Wildman–Crippen LogP) is 0.501. The van der Waals surface area contributed by atoms with Crippen LogP contribution in [0.15, 0.2) is 18.3 Å². The molecule has 0 aromatic carbocycles. The molecule has 1 saturated heterocycles. The summed E-state index contributed by atoms with van der Waals surface area (Å²) in [6.45, 7) is 1.72. The average Bonchev–Trinajstić information content (AvgIpc) is 2.77. The van der Waals surface area contributed by atoms with Crippen LogP contribution in [0.2, 0.25) is 0 Å². The molecule has 2 rings (SSSR count). The van der Waals surface area contributed by atoms with Crippen molar-refractivity contribution in [2.75, 3.05) is 18.1 Å². The van der Waals surface area contributed by atoms with Crippen LogP contribution >= 0.6 is 0 Å². The fourth-order valence-corrected chi connectivity index (χ4v) is 2.03. The predicted molar refractivity (Wildman–Crippen MR) is 59.6 cm³/mol. The maximum absolute atomic E-state index is 9.21. The van der Waals surface area contributed by atoms with Crippen LogP contribution in [0.4, 0.5) is 5.82 Å². The number of aliphatic hydroxyl groups excluding tert-OH is 1. The van der Waals surface area contributed by atoms with E-state index in [1.54, 1.807) is 0 Å². The smallest absolute Gasteiger partial charge is 0.128 e. The van der Waals surface area contributed by atoms with Crippen LogP contribution in [0.5, 0.6) is 0 Å². The fourth-order valence-electron chi connectivity index (χ4n) is 2.03. The van der Waals surface area contributed by atoms with Gasteiger partial charge in [0.05, 0.1) is 12.6 Å². The minimum Gasteiger partial charge on any atom is -0.394 e. The number of anilines is 1. The molecular weight excluding hydrogens is 190 g/mol. The molecule has 0 spiro atoms. The van der Waals surface area contributed by atoms with Gasteiger partial charge in [-0.15, -0.1) is 0 Å². The van der Waals surface area contributed by atoms with Gasteiger partial charge in [-0.05, 0) is 24.5 Å². The van der Waals surface area contributed by atoms with Crippen molar-refractivity contribution in [3.63, 3.8) is 0 Å². The van der Waals surface area contributed by atoms with Gasteiger partial charge in [-0.1, -0.05) is 6.07 Å². The van der Waals surface area contributed by atoms with Crippen molar-refractivity contribution in [2.45, 2.75) is 25.4 Å². The van der Waals surface area contributed by atoms with Gasteiger partial charge in [0, 0.05) is 19.3 Å². The molecule has 82 valence electrons. The summed E-state index contributed by atoms with van der Waals surface area (Å²) in [4.78, 5) is 6.53. The summed E-state index contributed by atoms with van der Waals surface area (Å²) >= 11 is 0. The molecule has 0 amide bonds. The Bertz CT molecular complexity index is 312. The van der Waals surface area contributed by atoms with Crippen LogP contribution in [0.1, 0.15) is 18.4 Å². The Kier molecular flexibility index (Phi) is 3.18. The van der Waals surface area contributed by atoms with E-state index in [0.717, 1.165) is 30.8 Å². The third-order valence-corrected chi connectivity index (χ3v) is 2.93. The van der Waals surface area contributed by atoms with Gasteiger partial charge in [-0.2, -0.15) is 0 Å². The molecule has 1 aliphatic heterocycles. The van der Waals surface area contributed by atoms with Crippen LogP contribution in [0, 0.1) is 0 Å². The highest BCUT2D eigenvalue weighted by Crippen LogP contribution is 2.23. The zero-order valence-corrected chi connectivity index (χ0v) is 8.76. The van der Waals surface area contributed by atoms with Gasteiger partial charge >= 0.3 is 0 Å². The summed E-state index contributed by atoms with van der Waals surface area (Å²) in [5.41, 5.74) is 6.55. The monoisotopic (exact) mass is 207 g/mol. The van der Waals surface area contributed by atoms with E-state index in [0.29, 0.717) is 6.54 Å². The van der Waals surface area contributed by atoms with Gasteiger partial charge in [0.15, 0.2) is 0 Å². The maximum Gasteiger partial charge on any atom is 0.128 e. The first-order valence-electron chi connectivity index (χ1n) is 5.37. The van der Waals surface area contributed by atoms with E-state index in [1.807, 2.05) is 18.3 Å². The Labute approximate surface area is 89.7 Å². The lowest BCUT2D eigenvalue weighted by Gasteiger charge is -2.24. The van der Waals surface area contributed by atoms with Gasteiger partial charge in [0.25, 0.3) is 0 Å². The minimum absolute atomic E-state index is 0.209. The van der Waals surface area contributed by atoms with Crippen molar-refractivity contribution in [3.05, 3.63) is 23.9 Å². The van der Waals surface area contributed by atoms with Crippen LogP contribution in [-0.2, 0) is 6.54 Å². The summed E-state index contributed by atoms with van der Waals surface area (Å²) in [6, 6.07) is 4.21. The number of rotatable bonds is 3. The van der Waals surface area contributed by atoms with E-state index in [4.69, 9.17) is 5.73 Å². The Balaban J connectivity index is 2.14. The van der Waals surface area contributed by atoms with Gasteiger partial charge in [0.2, 0.25) is 0 Å². The second kappa shape index (κ2) is 4.59. The lowest BCUT2D eigenvalue weighted by Crippen LogP contribution is -2.32. The summed E-state index contributed by atoms with van der Waals surface area (Å²) in [5.74, 6) is 0.948. The number of aliphatic hydroxyl groups is 1. The summed E-state index contributed by atoms with van der Waals surface area (Å²) in [5, 5.41) is 9.21. The molecule has 1 unspecified atom stereocenters. The van der Waals surface area contributed by atoms with E-state index in [2.05, 4.69) is 9.88 Å². The zero-order valence-electron chi connectivity index (χ0n) is 8.76. The van der Waals surface area contributed by atoms with E-state index in [1.165, 1.54) is 0 Å². The minimum atomic E-state index is 0.209.